The van der Waals surface area contributed by atoms with Crippen LogP contribution in [0.3, 0.4) is 0 Å². The van der Waals surface area contributed by atoms with E-state index in [-0.39, 0.29) is 41.8 Å². The van der Waals surface area contributed by atoms with E-state index in [0.29, 0.717) is 13.0 Å². The van der Waals surface area contributed by atoms with Crippen molar-refractivity contribution < 1.29 is 23.0 Å². The van der Waals surface area contributed by atoms with Gasteiger partial charge in [-0.3, -0.25) is 19.1 Å². The van der Waals surface area contributed by atoms with Gasteiger partial charge in [-0.2, -0.15) is 8.78 Å². The maximum absolute atomic E-state index is 13.2. The van der Waals surface area contributed by atoms with Crippen LogP contribution in [-0.4, -0.2) is 42.3 Å². The maximum Gasteiger partial charge on any atom is 0.387 e. The monoisotopic (exact) mass is 440 g/mol. The third kappa shape index (κ3) is 6.14. The first kappa shape index (κ1) is 24.1. The van der Waals surface area contributed by atoms with Crippen molar-refractivity contribution in [2.24, 2.45) is 5.92 Å². The number of halogens is 2. The fraction of sp³-hybridized carbons (Fsp3) is 0.450. The molecule has 3 N–H and O–H groups in total. The third-order valence-corrected chi connectivity index (χ3v) is 4.33. The van der Waals surface area contributed by atoms with Gasteiger partial charge < -0.3 is 20.1 Å². The van der Waals surface area contributed by atoms with Crippen LogP contribution >= 0.6 is 0 Å². The van der Waals surface area contributed by atoms with Crippen LogP contribution in [0.25, 0.3) is 0 Å². The van der Waals surface area contributed by atoms with E-state index < -0.39 is 23.8 Å². The molecule has 0 aliphatic rings. The van der Waals surface area contributed by atoms with Crippen LogP contribution in [0.4, 0.5) is 20.3 Å². The fourth-order valence-corrected chi connectivity index (χ4v) is 3.00. The van der Waals surface area contributed by atoms with Gasteiger partial charge in [-0.25, -0.2) is 4.79 Å². The zero-order valence-electron chi connectivity index (χ0n) is 17.6. The normalized spacial score (nSPS) is 11.2. The van der Waals surface area contributed by atoms with Gasteiger partial charge in [0.05, 0.1) is 0 Å². The van der Waals surface area contributed by atoms with Gasteiger partial charge in [-0.1, -0.05) is 13.8 Å². The maximum atomic E-state index is 13.2. The average Bonchev–Trinajstić information content (AvgIpc) is 2.69. The van der Waals surface area contributed by atoms with Gasteiger partial charge in [-0.15, -0.1) is 0 Å². The van der Waals surface area contributed by atoms with E-state index >= 15 is 0 Å². The zero-order valence-corrected chi connectivity index (χ0v) is 17.6. The Bertz CT molecular complexity index is 1000. The van der Waals surface area contributed by atoms with Gasteiger partial charge in [-0.05, 0) is 36.6 Å². The number of hydrogen-bond acceptors (Lipinski definition) is 6. The van der Waals surface area contributed by atoms with E-state index in [9.17, 15) is 23.2 Å². The molecule has 170 valence electrons. The number of ether oxygens (including phenoxy) is 2. The molecule has 1 aromatic heterocycles. The Morgan fingerprint density at radius 3 is 2.42 bits per heavy atom. The number of benzene rings is 1. The molecule has 11 heteroatoms. The quantitative estimate of drug-likeness (QED) is 0.546. The number of amides is 1. The first-order valence-electron chi connectivity index (χ1n) is 9.64. The number of H-pyrrole nitrogens is 1. The first-order chi connectivity index (χ1) is 14.6. The van der Waals surface area contributed by atoms with Crippen LogP contribution in [0, 0.1) is 5.92 Å². The summed E-state index contributed by atoms with van der Waals surface area (Å²) < 4.78 is 35.2. The number of nitrogens with two attached hydrogens (primary N) is 1. The first-order valence-corrected chi connectivity index (χ1v) is 9.64. The largest absolute Gasteiger partial charge is 0.435 e. The van der Waals surface area contributed by atoms with Crippen LogP contribution in [0.5, 0.6) is 5.75 Å². The molecule has 1 aromatic carbocycles. The number of nitrogen functional groups attached to an aromatic ring is 1. The Balaban J connectivity index is 2.50. The molecule has 0 radical (unpaired) electrons. The molecule has 0 aliphatic carbocycles. The van der Waals surface area contributed by atoms with Crippen molar-refractivity contribution in [2.45, 2.75) is 33.4 Å². The number of alkyl halides is 2. The Morgan fingerprint density at radius 2 is 1.87 bits per heavy atom. The summed E-state index contributed by atoms with van der Waals surface area (Å²) in [5.41, 5.74) is 4.65. The number of nitrogens with zero attached hydrogens (tertiary/aromatic N) is 2. The van der Waals surface area contributed by atoms with Crippen molar-refractivity contribution in [1.29, 1.82) is 0 Å². The van der Waals surface area contributed by atoms with Crippen LogP contribution < -0.4 is 26.6 Å². The molecule has 0 atom stereocenters. The number of aromatic nitrogens is 2. The summed E-state index contributed by atoms with van der Waals surface area (Å²) in [6.45, 7) is 1.40. The number of nitrogens with one attached hydrogen (secondary N) is 1. The lowest BCUT2D eigenvalue weighted by Crippen LogP contribution is -2.42. The fourth-order valence-electron chi connectivity index (χ4n) is 3.00. The Kier molecular flexibility index (Phi) is 8.31. The summed E-state index contributed by atoms with van der Waals surface area (Å²) in [5.74, 6) is -0.781. The van der Waals surface area contributed by atoms with E-state index in [2.05, 4.69) is 9.72 Å². The Hall–Kier alpha value is -3.21. The van der Waals surface area contributed by atoms with E-state index in [1.54, 1.807) is 0 Å². The van der Waals surface area contributed by atoms with Crippen LogP contribution in [0.2, 0.25) is 0 Å². The van der Waals surface area contributed by atoms with Crippen LogP contribution in [-0.2, 0) is 11.3 Å². The molecule has 0 spiro atoms. The number of anilines is 2. The van der Waals surface area contributed by atoms with Gasteiger partial charge in [0, 0.05) is 32.4 Å². The lowest BCUT2D eigenvalue weighted by Gasteiger charge is -2.25. The van der Waals surface area contributed by atoms with Crippen molar-refractivity contribution in [3.63, 3.8) is 0 Å². The highest BCUT2D eigenvalue weighted by Gasteiger charge is 2.25. The molecular formula is C20H26F2N4O5. The van der Waals surface area contributed by atoms with Crippen molar-refractivity contribution in [3.8, 4) is 5.75 Å². The molecule has 0 saturated heterocycles. The van der Waals surface area contributed by atoms with Crippen LogP contribution in [0.15, 0.2) is 33.9 Å². The molecule has 0 saturated carbocycles. The molecule has 1 amide bonds. The molecule has 1 heterocycles. The van der Waals surface area contributed by atoms with Crippen molar-refractivity contribution in [3.05, 3.63) is 50.7 Å². The highest BCUT2D eigenvalue weighted by molar-refractivity contribution is 6.07. The number of rotatable bonds is 10. The number of carbonyl (C=O) groups is 1. The molecule has 0 fully saturated rings. The summed E-state index contributed by atoms with van der Waals surface area (Å²) in [7, 11) is 1.50. The second-order valence-corrected chi connectivity index (χ2v) is 7.20. The summed E-state index contributed by atoms with van der Waals surface area (Å²) in [4.78, 5) is 41.4. The highest BCUT2D eigenvalue weighted by Crippen LogP contribution is 2.22. The number of methoxy groups -OCH3 is 1. The minimum atomic E-state index is -2.99. The minimum Gasteiger partial charge on any atom is -0.435 e. The summed E-state index contributed by atoms with van der Waals surface area (Å²) in [5, 5.41) is 0. The Labute approximate surface area is 177 Å². The standard InChI is InChI=1S/C20H26F2N4O5/c1-12(2)11-26-16(23)15(17(27)24-20(26)29)25(9-4-10-30-3)18(28)13-5-7-14(8-6-13)31-19(21)22/h5-8,12,19H,4,9-11,23H2,1-3H3,(H,24,27,29). The third-order valence-electron chi connectivity index (χ3n) is 4.33. The SMILES string of the molecule is COCCCN(C(=O)c1ccc(OC(F)F)cc1)c1c(N)n(CC(C)C)c(=O)[nH]c1=O. The lowest BCUT2D eigenvalue weighted by molar-refractivity contribution is -0.0498. The molecule has 0 bridgehead atoms. The van der Waals surface area contributed by atoms with Gasteiger partial charge in [0.15, 0.2) is 5.69 Å². The van der Waals surface area contributed by atoms with Gasteiger partial charge in [0.2, 0.25) is 0 Å². The Morgan fingerprint density at radius 1 is 1.23 bits per heavy atom. The van der Waals surface area contributed by atoms with Gasteiger partial charge >= 0.3 is 12.3 Å². The minimum absolute atomic E-state index is 0.0544. The van der Waals surface area contributed by atoms with E-state index in [4.69, 9.17) is 10.5 Å². The van der Waals surface area contributed by atoms with Crippen molar-refractivity contribution in [1.82, 2.24) is 9.55 Å². The number of carbonyl (C=O) groups excluding carboxylic acids is 1. The number of hydrogen-bond donors (Lipinski definition) is 2. The van der Waals surface area contributed by atoms with Gasteiger partial charge in [0.25, 0.3) is 11.5 Å². The summed E-state index contributed by atoms with van der Waals surface area (Å²) >= 11 is 0. The molecule has 31 heavy (non-hydrogen) atoms. The second kappa shape index (κ2) is 10.7. The summed E-state index contributed by atoms with van der Waals surface area (Å²) in [6, 6.07) is 5.05. The lowest BCUT2D eigenvalue weighted by atomic mass is 10.1. The predicted octanol–water partition coefficient (Wildman–Crippen LogP) is 2.06. The van der Waals surface area contributed by atoms with Crippen molar-refractivity contribution >= 4 is 17.4 Å². The molecular weight excluding hydrogens is 414 g/mol. The predicted molar refractivity (Wildman–Crippen MR) is 112 cm³/mol. The summed E-state index contributed by atoms with van der Waals surface area (Å²) in [6.07, 6.45) is 0.386. The molecule has 0 unspecified atom stereocenters. The van der Waals surface area contributed by atoms with E-state index in [0.717, 1.165) is 4.90 Å². The number of aromatic amines is 1. The van der Waals surface area contributed by atoms with Gasteiger partial charge in [0.1, 0.15) is 11.6 Å². The smallest absolute Gasteiger partial charge is 0.387 e. The highest BCUT2D eigenvalue weighted by atomic mass is 19.3. The molecule has 2 aromatic rings. The zero-order chi connectivity index (χ0) is 23.1. The van der Waals surface area contributed by atoms with E-state index in [1.807, 2.05) is 13.8 Å². The second-order valence-electron chi connectivity index (χ2n) is 7.20. The topological polar surface area (TPSA) is 120 Å². The van der Waals surface area contributed by atoms with Crippen molar-refractivity contribution in [2.75, 3.05) is 30.9 Å². The van der Waals surface area contributed by atoms with E-state index in [1.165, 1.54) is 35.9 Å². The molecule has 9 nitrogen and oxygen atoms in total. The molecule has 2 rings (SSSR count). The average molecular weight is 440 g/mol. The molecule has 0 aliphatic heterocycles. The van der Waals surface area contributed by atoms with Crippen LogP contribution in [0.1, 0.15) is 30.6 Å².